The number of benzene rings is 2. The van der Waals surface area contributed by atoms with Crippen LogP contribution in [0.3, 0.4) is 0 Å². The van der Waals surface area contributed by atoms with Crippen molar-refractivity contribution in [2.24, 2.45) is 11.1 Å². The van der Waals surface area contributed by atoms with E-state index < -0.39 is 17.9 Å². The molecule has 2 aromatic rings. The van der Waals surface area contributed by atoms with E-state index in [1.807, 2.05) is 36.0 Å². The average molecular weight is 517 g/mol. The number of rotatable bonds is 11. The maximum Gasteiger partial charge on any atom is 0.326 e. The molecule has 0 spiro atoms. The van der Waals surface area contributed by atoms with Crippen LogP contribution in [-0.2, 0) is 20.8 Å². The first-order valence-electron chi connectivity index (χ1n) is 11.5. The standard InChI is InChI=1S/C26H32N2O7S/c1-32-19-14-21(33-2)23(22(15-19)34-3)17-7-5-16(6-8-17)13-20(26(30)31)27-25(29)24(28-35-4)18-9-11-36-12-10-18/h5-8,14-15,18,20H,9-13H2,1-4H3,(H,27,29)(H,30,31)/t20-/m0/s1. The van der Waals surface area contributed by atoms with Gasteiger partial charge in [-0.3, -0.25) is 4.79 Å². The number of amides is 1. The molecule has 3 rings (SSSR count). The fraction of sp³-hybridized carbons (Fsp3) is 0.423. The number of thioether (sulfide) groups is 1. The number of hydrogen-bond donors (Lipinski definition) is 2. The van der Waals surface area contributed by atoms with Crippen LogP contribution in [0.4, 0.5) is 0 Å². The van der Waals surface area contributed by atoms with E-state index in [4.69, 9.17) is 19.0 Å². The number of carboxylic acid groups (broad SMARTS) is 1. The fourth-order valence-electron chi connectivity index (χ4n) is 4.14. The molecule has 0 aromatic heterocycles. The summed E-state index contributed by atoms with van der Waals surface area (Å²) in [6.07, 6.45) is 1.72. The highest BCUT2D eigenvalue weighted by atomic mass is 32.2. The van der Waals surface area contributed by atoms with Gasteiger partial charge in [-0.2, -0.15) is 11.8 Å². The van der Waals surface area contributed by atoms with E-state index >= 15 is 0 Å². The summed E-state index contributed by atoms with van der Waals surface area (Å²) in [4.78, 5) is 29.8. The number of oxime groups is 1. The number of carboxylic acids is 1. The van der Waals surface area contributed by atoms with Crippen LogP contribution < -0.4 is 19.5 Å². The van der Waals surface area contributed by atoms with E-state index in [-0.39, 0.29) is 18.1 Å². The number of ether oxygens (including phenoxy) is 3. The third-order valence-corrected chi connectivity index (χ3v) is 7.08. The molecule has 0 saturated carbocycles. The van der Waals surface area contributed by atoms with Crippen LogP contribution in [-0.4, -0.2) is 68.7 Å². The van der Waals surface area contributed by atoms with Crippen LogP contribution in [0.25, 0.3) is 11.1 Å². The largest absolute Gasteiger partial charge is 0.496 e. The van der Waals surface area contributed by atoms with Gasteiger partial charge < -0.3 is 29.5 Å². The second-order valence-corrected chi connectivity index (χ2v) is 9.44. The van der Waals surface area contributed by atoms with Gasteiger partial charge in [0.25, 0.3) is 5.91 Å². The summed E-state index contributed by atoms with van der Waals surface area (Å²) < 4.78 is 16.4. The first kappa shape index (κ1) is 27.2. The molecule has 194 valence electrons. The Morgan fingerprint density at radius 1 is 1.03 bits per heavy atom. The van der Waals surface area contributed by atoms with Crippen molar-refractivity contribution < 1.29 is 33.7 Å². The summed E-state index contributed by atoms with van der Waals surface area (Å²) in [6, 6.07) is 9.79. The number of nitrogens with zero attached hydrogens (tertiary/aromatic N) is 1. The predicted molar refractivity (Wildman–Crippen MR) is 139 cm³/mol. The number of carbonyl (C=O) groups excluding carboxylic acids is 1. The normalized spacial score (nSPS) is 15.1. The van der Waals surface area contributed by atoms with Crippen molar-refractivity contribution >= 4 is 29.4 Å². The Labute approximate surface area is 215 Å². The third kappa shape index (κ3) is 6.63. The molecule has 36 heavy (non-hydrogen) atoms. The monoisotopic (exact) mass is 516 g/mol. The molecule has 0 bridgehead atoms. The second kappa shape index (κ2) is 13.1. The van der Waals surface area contributed by atoms with Crippen molar-refractivity contribution in [1.82, 2.24) is 5.32 Å². The van der Waals surface area contributed by atoms with Gasteiger partial charge in [-0.1, -0.05) is 29.4 Å². The van der Waals surface area contributed by atoms with Crippen molar-refractivity contribution in [3.8, 4) is 28.4 Å². The summed E-state index contributed by atoms with van der Waals surface area (Å²) in [5, 5.41) is 16.3. The van der Waals surface area contributed by atoms with Gasteiger partial charge in [0.1, 0.15) is 36.1 Å². The van der Waals surface area contributed by atoms with E-state index in [1.54, 1.807) is 33.5 Å². The highest BCUT2D eigenvalue weighted by Crippen LogP contribution is 2.41. The second-order valence-electron chi connectivity index (χ2n) is 8.22. The molecule has 1 heterocycles. The molecular formula is C26H32N2O7S. The average Bonchev–Trinajstić information content (AvgIpc) is 2.91. The number of methoxy groups -OCH3 is 3. The van der Waals surface area contributed by atoms with E-state index in [9.17, 15) is 14.7 Å². The van der Waals surface area contributed by atoms with E-state index in [0.717, 1.165) is 41.0 Å². The molecule has 1 saturated heterocycles. The van der Waals surface area contributed by atoms with Gasteiger partial charge in [-0.15, -0.1) is 0 Å². The summed E-state index contributed by atoms with van der Waals surface area (Å²) in [5.41, 5.74) is 2.58. The van der Waals surface area contributed by atoms with Crippen LogP contribution in [0.1, 0.15) is 18.4 Å². The minimum absolute atomic E-state index is 0.0469. The van der Waals surface area contributed by atoms with Crippen LogP contribution in [0.15, 0.2) is 41.6 Å². The molecule has 10 heteroatoms. The quantitative estimate of drug-likeness (QED) is 0.344. The predicted octanol–water partition coefficient (Wildman–Crippen LogP) is 3.64. The Kier molecular flexibility index (Phi) is 9.86. The molecule has 9 nitrogen and oxygen atoms in total. The van der Waals surface area contributed by atoms with Gasteiger partial charge in [0.2, 0.25) is 0 Å². The fourth-order valence-corrected chi connectivity index (χ4v) is 5.24. The maximum atomic E-state index is 12.9. The van der Waals surface area contributed by atoms with Crippen molar-refractivity contribution in [3.05, 3.63) is 42.0 Å². The van der Waals surface area contributed by atoms with Gasteiger partial charge in [0.15, 0.2) is 0 Å². The summed E-state index contributed by atoms with van der Waals surface area (Å²) in [5.74, 6) is 1.95. The van der Waals surface area contributed by atoms with Crippen LogP contribution in [0, 0.1) is 5.92 Å². The summed E-state index contributed by atoms with van der Waals surface area (Å²) in [6.45, 7) is 0. The number of hydrogen-bond acceptors (Lipinski definition) is 8. The Balaban J connectivity index is 1.78. The Morgan fingerprint density at radius 3 is 2.14 bits per heavy atom. The smallest absolute Gasteiger partial charge is 0.326 e. The molecule has 0 unspecified atom stereocenters. The molecule has 0 radical (unpaired) electrons. The van der Waals surface area contributed by atoms with E-state index in [2.05, 4.69) is 10.5 Å². The maximum absolute atomic E-state index is 12.9. The number of carbonyl (C=O) groups is 2. The lowest BCUT2D eigenvalue weighted by molar-refractivity contribution is -0.141. The molecule has 1 aliphatic heterocycles. The van der Waals surface area contributed by atoms with Crippen molar-refractivity contribution in [1.29, 1.82) is 0 Å². The highest BCUT2D eigenvalue weighted by Gasteiger charge is 2.29. The van der Waals surface area contributed by atoms with Crippen molar-refractivity contribution in [3.63, 3.8) is 0 Å². The Bertz CT molecular complexity index is 1060. The van der Waals surface area contributed by atoms with Crippen molar-refractivity contribution in [2.45, 2.75) is 25.3 Å². The van der Waals surface area contributed by atoms with Crippen LogP contribution in [0.2, 0.25) is 0 Å². The Morgan fingerprint density at radius 2 is 1.64 bits per heavy atom. The molecule has 2 N–H and O–H groups in total. The van der Waals surface area contributed by atoms with Crippen LogP contribution >= 0.6 is 11.8 Å². The van der Waals surface area contributed by atoms with Crippen molar-refractivity contribution in [2.75, 3.05) is 39.9 Å². The third-order valence-electron chi connectivity index (χ3n) is 6.03. The van der Waals surface area contributed by atoms with Gasteiger partial charge in [-0.25, -0.2) is 4.79 Å². The zero-order valence-electron chi connectivity index (χ0n) is 20.9. The molecule has 1 amide bonds. The van der Waals surface area contributed by atoms with E-state index in [0.29, 0.717) is 17.2 Å². The molecule has 1 fully saturated rings. The SMILES string of the molecule is CON=C(C(=O)N[C@@H](Cc1ccc(-c2c(OC)cc(OC)cc2OC)cc1)C(=O)O)C1CCSCC1. The minimum atomic E-state index is -1.12. The van der Waals surface area contributed by atoms with Crippen LogP contribution in [0.5, 0.6) is 17.2 Å². The molecular weight excluding hydrogens is 484 g/mol. The zero-order chi connectivity index (χ0) is 26.1. The zero-order valence-corrected chi connectivity index (χ0v) is 21.7. The van der Waals surface area contributed by atoms with Gasteiger partial charge in [0.05, 0.1) is 26.9 Å². The first-order valence-corrected chi connectivity index (χ1v) is 12.7. The number of nitrogens with one attached hydrogen (secondary N) is 1. The topological polar surface area (TPSA) is 116 Å². The lowest BCUT2D eigenvalue weighted by atomic mass is 9.95. The van der Waals surface area contributed by atoms with Gasteiger partial charge in [0, 0.05) is 24.5 Å². The minimum Gasteiger partial charge on any atom is -0.496 e. The molecule has 1 atom stereocenters. The Hall–Kier alpha value is -3.40. The van der Waals surface area contributed by atoms with Gasteiger partial charge in [-0.05, 0) is 35.5 Å². The van der Waals surface area contributed by atoms with Gasteiger partial charge >= 0.3 is 5.97 Å². The lowest BCUT2D eigenvalue weighted by Crippen LogP contribution is -2.47. The molecule has 1 aliphatic rings. The molecule has 0 aliphatic carbocycles. The molecule has 2 aromatic carbocycles. The number of aliphatic carboxylic acids is 1. The summed E-state index contributed by atoms with van der Waals surface area (Å²) >= 11 is 1.83. The van der Waals surface area contributed by atoms with E-state index in [1.165, 1.54) is 7.11 Å². The highest BCUT2D eigenvalue weighted by molar-refractivity contribution is 7.99. The lowest BCUT2D eigenvalue weighted by Gasteiger charge is -2.23. The first-order chi connectivity index (χ1) is 17.4. The summed E-state index contributed by atoms with van der Waals surface area (Å²) in [7, 11) is 6.09.